The van der Waals surface area contributed by atoms with Gasteiger partial charge in [0, 0.05) is 24.8 Å². The van der Waals surface area contributed by atoms with E-state index >= 15 is 0 Å². The molecule has 2 aromatic heterocycles. The normalized spacial score (nSPS) is 17.3. The Balaban J connectivity index is 0.00000240. The van der Waals surface area contributed by atoms with Crippen LogP contribution in [-0.4, -0.2) is 45.5 Å². The number of benzene rings is 1. The van der Waals surface area contributed by atoms with Gasteiger partial charge in [-0.2, -0.15) is 10.1 Å². The molecule has 3 aromatic rings. The molecular weight excluding hydrogens is 392 g/mol. The maximum absolute atomic E-state index is 12.4. The van der Waals surface area contributed by atoms with Crippen molar-refractivity contribution in [1.82, 2.24) is 30.6 Å². The Kier molecular flexibility index (Phi) is 7.00. The van der Waals surface area contributed by atoms with Crippen molar-refractivity contribution >= 4 is 18.3 Å². The number of amides is 1. The summed E-state index contributed by atoms with van der Waals surface area (Å²) in [5.41, 5.74) is 1.32. The molecule has 1 aliphatic heterocycles. The van der Waals surface area contributed by atoms with Crippen LogP contribution >= 0.6 is 12.4 Å². The van der Waals surface area contributed by atoms with Gasteiger partial charge in [0.25, 0.3) is 5.91 Å². The smallest absolute Gasteiger partial charge is 0.271 e. The number of rotatable bonds is 6. The molecular formula is C20H25ClN6O2. The lowest BCUT2D eigenvalue weighted by atomic mass is 10.1. The summed E-state index contributed by atoms with van der Waals surface area (Å²) >= 11 is 0. The van der Waals surface area contributed by atoms with Gasteiger partial charge in [0.1, 0.15) is 5.69 Å². The lowest BCUT2D eigenvalue weighted by molar-refractivity contribution is 0.0944. The molecule has 1 aromatic carbocycles. The average Bonchev–Trinajstić information content (AvgIpc) is 3.43. The second-order valence-electron chi connectivity index (χ2n) is 7.11. The minimum atomic E-state index is -0.197. The second-order valence-corrected chi connectivity index (χ2v) is 7.11. The van der Waals surface area contributed by atoms with Gasteiger partial charge in [0.15, 0.2) is 0 Å². The third kappa shape index (κ3) is 5.02. The van der Waals surface area contributed by atoms with Gasteiger partial charge in [-0.3, -0.25) is 9.48 Å². The Labute approximate surface area is 175 Å². The highest BCUT2D eigenvalue weighted by atomic mass is 35.5. The van der Waals surface area contributed by atoms with Crippen molar-refractivity contribution in [3.05, 3.63) is 54.2 Å². The van der Waals surface area contributed by atoms with E-state index in [0.717, 1.165) is 31.5 Å². The predicted molar refractivity (Wildman–Crippen MR) is 111 cm³/mol. The molecule has 1 amide bonds. The zero-order valence-electron chi connectivity index (χ0n) is 16.2. The van der Waals surface area contributed by atoms with Crippen LogP contribution in [0.1, 0.15) is 48.1 Å². The molecule has 8 nitrogen and oxygen atoms in total. The summed E-state index contributed by atoms with van der Waals surface area (Å²) in [6.45, 7) is 4.27. The summed E-state index contributed by atoms with van der Waals surface area (Å²) in [5, 5.41) is 14.7. The van der Waals surface area contributed by atoms with Gasteiger partial charge < -0.3 is 15.2 Å². The zero-order valence-corrected chi connectivity index (χ0v) is 17.1. The molecule has 9 heteroatoms. The molecule has 1 saturated heterocycles. The number of carbonyl (C=O) groups excluding carboxylic acids is 1. The van der Waals surface area contributed by atoms with Crippen molar-refractivity contribution in [1.29, 1.82) is 0 Å². The quantitative estimate of drug-likeness (QED) is 0.641. The standard InChI is InChI=1S/C20H24N6O2.ClH/c1-14(20-23-18(25-28-20)15-6-3-2-4-7-15)12-22-19(27)17-9-11-26(24-17)16-8-5-10-21-13-16;/h2-4,6-7,9,11,14,16,21H,5,8,10,12-13H2,1H3,(H,22,27);1H. The zero-order chi connectivity index (χ0) is 19.3. The number of carbonyl (C=O) groups is 1. The summed E-state index contributed by atoms with van der Waals surface area (Å²) in [5.74, 6) is 0.752. The summed E-state index contributed by atoms with van der Waals surface area (Å²) in [7, 11) is 0. The number of aromatic nitrogens is 4. The van der Waals surface area contributed by atoms with Gasteiger partial charge in [0.2, 0.25) is 11.7 Å². The SMILES string of the molecule is CC(CNC(=O)c1ccn(C2CCCNC2)n1)c1nc(-c2ccccc2)no1.Cl. The number of nitrogens with zero attached hydrogens (tertiary/aromatic N) is 4. The van der Waals surface area contributed by atoms with Gasteiger partial charge >= 0.3 is 0 Å². The van der Waals surface area contributed by atoms with Crippen molar-refractivity contribution < 1.29 is 9.32 Å². The first-order valence-corrected chi connectivity index (χ1v) is 9.64. The van der Waals surface area contributed by atoms with Crippen LogP contribution in [-0.2, 0) is 0 Å². The molecule has 154 valence electrons. The number of hydrogen-bond acceptors (Lipinski definition) is 6. The van der Waals surface area contributed by atoms with Crippen LogP contribution in [0.5, 0.6) is 0 Å². The van der Waals surface area contributed by atoms with E-state index in [-0.39, 0.29) is 24.2 Å². The average molecular weight is 417 g/mol. The summed E-state index contributed by atoms with van der Waals surface area (Å²) < 4.78 is 7.25. The fourth-order valence-corrected chi connectivity index (χ4v) is 3.29. The van der Waals surface area contributed by atoms with Crippen LogP contribution in [0.15, 0.2) is 47.1 Å². The third-order valence-electron chi connectivity index (χ3n) is 4.95. The highest BCUT2D eigenvalue weighted by Crippen LogP contribution is 2.19. The molecule has 0 saturated carbocycles. The Morgan fingerprint density at radius 1 is 1.34 bits per heavy atom. The highest BCUT2D eigenvalue weighted by Gasteiger charge is 2.19. The van der Waals surface area contributed by atoms with E-state index in [1.807, 2.05) is 48.1 Å². The highest BCUT2D eigenvalue weighted by molar-refractivity contribution is 5.92. The molecule has 29 heavy (non-hydrogen) atoms. The molecule has 0 spiro atoms. The Morgan fingerprint density at radius 3 is 2.93 bits per heavy atom. The van der Waals surface area contributed by atoms with Crippen LogP contribution in [0.3, 0.4) is 0 Å². The second kappa shape index (κ2) is 9.67. The Morgan fingerprint density at radius 2 is 2.17 bits per heavy atom. The Bertz CT molecular complexity index is 920. The maximum atomic E-state index is 12.4. The summed E-state index contributed by atoms with van der Waals surface area (Å²) in [4.78, 5) is 16.9. The molecule has 0 aliphatic carbocycles. The minimum Gasteiger partial charge on any atom is -0.350 e. The van der Waals surface area contributed by atoms with Crippen LogP contribution in [0.4, 0.5) is 0 Å². The van der Waals surface area contributed by atoms with Crippen molar-refractivity contribution in [2.75, 3.05) is 19.6 Å². The number of hydrogen-bond donors (Lipinski definition) is 2. The third-order valence-corrected chi connectivity index (χ3v) is 4.95. The molecule has 1 fully saturated rings. The maximum Gasteiger partial charge on any atom is 0.271 e. The van der Waals surface area contributed by atoms with Gasteiger partial charge in [-0.25, -0.2) is 0 Å². The predicted octanol–water partition coefficient (Wildman–Crippen LogP) is 2.81. The van der Waals surface area contributed by atoms with E-state index in [1.165, 1.54) is 0 Å². The number of nitrogens with one attached hydrogen (secondary N) is 2. The largest absolute Gasteiger partial charge is 0.350 e. The molecule has 0 radical (unpaired) electrons. The topological polar surface area (TPSA) is 97.9 Å². The lowest BCUT2D eigenvalue weighted by Crippen LogP contribution is -2.32. The van der Waals surface area contributed by atoms with Crippen molar-refractivity contribution in [2.24, 2.45) is 0 Å². The van der Waals surface area contributed by atoms with E-state index < -0.39 is 0 Å². The van der Waals surface area contributed by atoms with Crippen LogP contribution < -0.4 is 10.6 Å². The molecule has 2 N–H and O–H groups in total. The van der Waals surface area contributed by atoms with E-state index in [2.05, 4.69) is 25.9 Å². The van der Waals surface area contributed by atoms with Crippen LogP contribution in [0, 0.1) is 0 Å². The molecule has 1 aliphatic rings. The van der Waals surface area contributed by atoms with E-state index in [9.17, 15) is 4.79 Å². The Hall–Kier alpha value is -2.71. The van der Waals surface area contributed by atoms with Crippen LogP contribution in [0.2, 0.25) is 0 Å². The van der Waals surface area contributed by atoms with E-state index in [0.29, 0.717) is 30.0 Å². The van der Waals surface area contributed by atoms with Crippen LogP contribution in [0.25, 0.3) is 11.4 Å². The lowest BCUT2D eigenvalue weighted by Gasteiger charge is -2.22. The van der Waals surface area contributed by atoms with Gasteiger partial charge in [-0.05, 0) is 25.5 Å². The first-order chi connectivity index (χ1) is 13.7. The molecule has 3 heterocycles. The first kappa shape index (κ1) is 21.0. The fourth-order valence-electron chi connectivity index (χ4n) is 3.29. The summed E-state index contributed by atoms with van der Waals surface area (Å²) in [6, 6.07) is 11.7. The van der Waals surface area contributed by atoms with E-state index in [1.54, 1.807) is 6.07 Å². The van der Waals surface area contributed by atoms with Gasteiger partial charge in [0.05, 0.1) is 12.0 Å². The number of halogens is 1. The molecule has 2 unspecified atom stereocenters. The van der Waals surface area contributed by atoms with Crippen molar-refractivity contribution in [3.8, 4) is 11.4 Å². The number of piperidine rings is 1. The monoisotopic (exact) mass is 416 g/mol. The molecule has 2 atom stereocenters. The molecule has 4 rings (SSSR count). The van der Waals surface area contributed by atoms with Crippen molar-refractivity contribution in [3.63, 3.8) is 0 Å². The first-order valence-electron chi connectivity index (χ1n) is 9.64. The van der Waals surface area contributed by atoms with Crippen molar-refractivity contribution in [2.45, 2.75) is 31.7 Å². The van der Waals surface area contributed by atoms with E-state index in [4.69, 9.17) is 4.52 Å². The van der Waals surface area contributed by atoms with Gasteiger partial charge in [-0.1, -0.05) is 42.4 Å². The summed E-state index contributed by atoms with van der Waals surface area (Å²) in [6.07, 6.45) is 4.08. The van der Waals surface area contributed by atoms with Gasteiger partial charge in [-0.15, -0.1) is 12.4 Å². The fraction of sp³-hybridized carbons (Fsp3) is 0.400. The minimum absolute atomic E-state index is 0. The molecule has 0 bridgehead atoms.